The number of hydrogen-bond donors (Lipinski definition) is 2. The lowest BCUT2D eigenvalue weighted by molar-refractivity contribution is 0.317. The summed E-state index contributed by atoms with van der Waals surface area (Å²) >= 11 is 0. The average molecular weight is 285 g/mol. The number of ether oxygens (including phenoxy) is 1. The molecule has 0 saturated heterocycles. The van der Waals surface area contributed by atoms with E-state index in [-0.39, 0.29) is 6.04 Å². The minimum atomic E-state index is -0.0503. The molecule has 0 bridgehead atoms. The number of pyridine rings is 1. The number of nitrogens with zero attached hydrogens (tertiary/aromatic N) is 1. The number of nitrogens with two attached hydrogens (primary N) is 1. The van der Waals surface area contributed by atoms with E-state index in [1.54, 1.807) is 0 Å². The van der Waals surface area contributed by atoms with Crippen LogP contribution in [-0.4, -0.2) is 11.6 Å². The molecule has 1 aromatic carbocycles. The van der Waals surface area contributed by atoms with Gasteiger partial charge in [0, 0.05) is 11.4 Å². The van der Waals surface area contributed by atoms with E-state index in [9.17, 15) is 0 Å². The van der Waals surface area contributed by atoms with Gasteiger partial charge in [0.05, 0.1) is 12.6 Å². The first-order valence-corrected chi connectivity index (χ1v) is 7.28. The number of benzene rings is 1. The molecule has 0 aliphatic rings. The van der Waals surface area contributed by atoms with E-state index in [0.29, 0.717) is 0 Å². The van der Waals surface area contributed by atoms with Gasteiger partial charge in [-0.15, -0.1) is 0 Å². The fourth-order valence-corrected chi connectivity index (χ4v) is 2.39. The SMILES string of the molecule is CCCOc1ccc(C(NN)c2cc(C)nc(C)c2)cc1. The van der Waals surface area contributed by atoms with Crippen molar-refractivity contribution in [2.75, 3.05) is 6.61 Å². The summed E-state index contributed by atoms with van der Waals surface area (Å²) in [6, 6.07) is 12.1. The number of rotatable bonds is 6. The first kappa shape index (κ1) is 15.5. The largest absolute Gasteiger partial charge is 0.494 e. The molecule has 1 unspecified atom stereocenters. The van der Waals surface area contributed by atoms with Crippen molar-refractivity contribution < 1.29 is 4.74 Å². The molecule has 0 aliphatic carbocycles. The van der Waals surface area contributed by atoms with Crippen LogP contribution in [0.3, 0.4) is 0 Å². The minimum Gasteiger partial charge on any atom is -0.494 e. The number of hydrogen-bond acceptors (Lipinski definition) is 4. The van der Waals surface area contributed by atoms with Crippen molar-refractivity contribution in [1.82, 2.24) is 10.4 Å². The number of aryl methyl sites for hydroxylation is 2. The van der Waals surface area contributed by atoms with Crippen molar-refractivity contribution in [2.45, 2.75) is 33.2 Å². The Morgan fingerprint density at radius 3 is 2.24 bits per heavy atom. The summed E-state index contributed by atoms with van der Waals surface area (Å²) in [5.74, 6) is 6.64. The van der Waals surface area contributed by atoms with E-state index in [0.717, 1.165) is 41.3 Å². The fourth-order valence-electron chi connectivity index (χ4n) is 2.39. The maximum absolute atomic E-state index is 5.75. The lowest BCUT2D eigenvalue weighted by atomic mass is 9.98. The van der Waals surface area contributed by atoms with Crippen LogP contribution in [0.15, 0.2) is 36.4 Å². The second kappa shape index (κ2) is 7.20. The van der Waals surface area contributed by atoms with Crippen molar-refractivity contribution in [3.8, 4) is 5.75 Å². The quantitative estimate of drug-likeness (QED) is 0.632. The van der Waals surface area contributed by atoms with Gasteiger partial charge < -0.3 is 4.74 Å². The molecule has 1 atom stereocenters. The van der Waals surface area contributed by atoms with Gasteiger partial charge in [-0.05, 0) is 55.7 Å². The molecule has 0 fully saturated rings. The Labute approximate surface area is 126 Å². The minimum absolute atomic E-state index is 0.0503. The predicted molar refractivity (Wildman–Crippen MR) is 85.1 cm³/mol. The standard InChI is InChI=1S/C17H23N3O/c1-4-9-21-16-7-5-14(6-8-16)17(20-18)15-10-12(2)19-13(3)11-15/h5-8,10-11,17,20H,4,9,18H2,1-3H3. The first-order chi connectivity index (χ1) is 10.1. The molecule has 0 aliphatic heterocycles. The van der Waals surface area contributed by atoms with Gasteiger partial charge in [-0.1, -0.05) is 19.1 Å². The van der Waals surface area contributed by atoms with Crippen LogP contribution in [0.5, 0.6) is 5.75 Å². The van der Waals surface area contributed by atoms with E-state index in [4.69, 9.17) is 10.6 Å². The van der Waals surface area contributed by atoms with Gasteiger partial charge >= 0.3 is 0 Å². The molecule has 3 N–H and O–H groups in total. The molecule has 112 valence electrons. The third-order valence-corrected chi connectivity index (χ3v) is 3.29. The Morgan fingerprint density at radius 2 is 1.71 bits per heavy atom. The highest BCUT2D eigenvalue weighted by atomic mass is 16.5. The molecule has 2 rings (SSSR count). The van der Waals surface area contributed by atoms with Gasteiger partial charge in [-0.25, -0.2) is 5.43 Å². The Morgan fingerprint density at radius 1 is 1.10 bits per heavy atom. The predicted octanol–water partition coefficient (Wildman–Crippen LogP) is 3.04. The Hall–Kier alpha value is -1.91. The highest BCUT2D eigenvalue weighted by Crippen LogP contribution is 2.24. The molecular formula is C17H23N3O. The molecule has 4 heteroatoms. The van der Waals surface area contributed by atoms with Crippen molar-refractivity contribution in [1.29, 1.82) is 0 Å². The second-order valence-electron chi connectivity index (χ2n) is 5.20. The summed E-state index contributed by atoms with van der Waals surface area (Å²) in [5.41, 5.74) is 7.09. The summed E-state index contributed by atoms with van der Waals surface area (Å²) in [6.45, 7) is 6.81. The van der Waals surface area contributed by atoms with E-state index in [1.165, 1.54) is 0 Å². The Balaban J connectivity index is 2.24. The van der Waals surface area contributed by atoms with E-state index < -0.39 is 0 Å². The zero-order valence-electron chi connectivity index (χ0n) is 12.9. The molecule has 0 spiro atoms. The van der Waals surface area contributed by atoms with Crippen molar-refractivity contribution >= 4 is 0 Å². The third-order valence-electron chi connectivity index (χ3n) is 3.29. The van der Waals surface area contributed by atoms with E-state index in [2.05, 4.69) is 29.5 Å². The number of aromatic nitrogens is 1. The van der Waals surface area contributed by atoms with Crippen LogP contribution in [0.2, 0.25) is 0 Å². The summed E-state index contributed by atoms with van der Waals surface area (Å²) in [4.78, 5) is 4.40. The molecule has 0 saturated carbocycles. The van der Waals surface area contributed by atoms with Gasteiger partial charge in [-0.2, -0.15) is 0 Å². The van der Waals surface area contributed by atoms with Gasteiger partial charge in [-0.3, -0.25) is 10.8 Å². The zero-order chi connectivity index (χ0) is 15.2. The van der Waals surface area contributed by atoms with Crippen LogP contribution in [0.25, 0.3) is 0 Å². The topological polar surface area (TPSA) is 60.2 Å². The highest BCUT2D eigenvalue weighted by molar-refractivity contribution is 5.36. The lowest BCUT2D eigenvalue weighted by Crippen LogP contribution is -2.29. The van der Waals surface area contributed by atoms with Crippen LogP contribution in [0, 0.1) is 13.8 Å². The highest BCUT2D eigenvalue weighted by Gasteiger charge is 2.13. The van der Waals surface area contributed by atoms with Gasteiger partial charge in [0.25, 0.3) is 0 Å². The van der Waals surface area contributed by atoms with Gasteiger partial charge in [0.2, 0.25) is 0 Å². The zero-order valence-corrected chi connectivity index (χ0v) is 12.9. The lowest BCUT2D eigenvalue weighted by Gasteiger charge is -2.18. The summed E-state index contributed by atoms with van der Waals surface area (Å²) in [5, 5.41) is 0. The van der Waals surface area contributed by atoms with Crippen LogP contribution < -0.4 is 16.0 Å². The molecule has 1 aromatic heterocycles. The molecule has 21 heavy (non-hydrogen) atoms. The fraction of sp³-hybridized carbons (Fsp3) is 0.353. The summed E-state index contributed by atoms with van der Waals surface area (Å²) in [6.07, 6.45) is 1.00. The second-order valence-corrected chi connectivity index (χ2v) is 5.20. The van der Waals surface area contributed by atoms with Crippen molar-refractivity contribution in [2.24, 2.45) is 5.84 Å². The average Bonchev–Trinajstić information content (AvgIpc) is 2.46. The third kappa shape index (κ3) is 4.03. The number of nitrogens with one attached hydrogen (secondary N) is 1. The maximum atomic E-state index is 5.75. The summed E-state index contributed by atoms with van der Waals surface area (Å²) < 4.78 is 5.61. The maximum Gasteiger partial charge on any atom is 0.119 e. The van der Waals surface area contributed by atoms with Gasteiger partial charge in [0.1, 0.15) is 5.75 Å². The normalized spacial score (nSPS) is 12.2. The van der Waals surface area contributed by atoms with Crippen molar-refractivity contribution in [3.05, 3.63) is 58.9 Å². The molecule has 4 nitrogen and oxygen atoms in total. The molecule has 0 radical (unpaired) electrons. The Kier molecular flexibility index (Phi) is 5.31. The van der Waals surface area contributed by atoms with Crippen LogP contribution in [0.1, 0.15) is 41.9 Å². The molecule has 0 amide bonds. The monoisotopic (exact) mass is 285 g/mol. The van der Waals surface area contributed by atoms with E-state index >= 15 is 0 Å². The summed E-state index contributed by atoms with van der Waals surface area (Å²) in [7, 11) is 0. The van der Waals surface area contributed by atoms with Gasteiger partial charge in [0.15, 0.2) is 0 Å². The molecule has 2 aromatic rings. The first-order valence-electron chi connectivity index (χ1n) is 7.28. The smallest absolute Gasteiger partial charge is 0.119 e. The van der Waals surface area contributed by atoms with Crippen molar-refractivity contribution in [3.63, 3.8) is 0 Å². The molecule has 1 heterocycles. The van der Waals surface area contributed by atoms with Crippen LogP contribution >= 0.6 is 0 Å². The van der Waals surface area contributed by atoms with Crippen LogP contribution in [0.4, 0.5) is 0 Å². The molecular weight excluding hydrogens is 262 g/mol. The van der Waals surface area contributed by atoms with E-state index in [1.807, 2.05) is 38.1 Å². The Bertz CT molecular complexity index is 561. The van der Waals surface area contributed by atoms with Crippen LogP contribution in [-0.2, 0) is 0 Å². The number of hydrazine groups is 1.